The number of alkyl halides is 3. The minimum atomic E-state index is -3.61. The van der Waals surface area contributed by atoms with Crippen LogP contribution in [0.5, 0.6) is 0 Å². The van der Waals surface area contributed by atoms with E-state index in [0.717, 1.165) is 0 Å². The van der Waals surface area contributed by atoms with E-state index in [1.54, 1.807) is 0 Å². The quantitative estimate of drug-likeness (QED) is 0.916. The number of aromatic nitrogens is 4. The topological polar surface area (TPSA) is 77.0 Å². The number of aryl methyl sites for hydroxylation is 1. The van der Waals surface area contributed by atoms with Gasteiger partial charge in [-0.3, -0.25) is 4.68 Å². The Balaban J connectivity index is 1.86. The van der Waals surface area contributed by atoms with E-state index in [2.05, 4.69) is 19.8 Å². The van der Waals surface area contributed by atoms with Gasteiger partial charge in [-0.1, -0.05) is 18.0 Å². The van der Waals surface area contributed by atoms with Crippen molar-refractivity contribution in [1.29, 1.82) is 0 Å². The first-order chi connectivity index (χ1) is 10.5. The largest absolute Gasteiger partial charge is 0.383 e. The second kappa shape index (κ2) is 5.38. The lowest BCUT2D eigenvalue weighted by molar-refractivity contribution is -0.198. The minimum Gasteiger partial charge on any atom is -0.383 e. The average Bonchev–Trinajstić information content (AvgIpc) is 3.17. The molecule has 120 valence electrons. The van der Waals surface area contributed by atoms with Crippen molar-refractivity contribution in [2.45, 2.75) is 43.8 Å². The summed E-state index contributed by atoms with van der Waals surface area (Å²) in [6.07, 6.45) is 3.83. The molecule has 1 aliphatic carbocycles. The van der Waals surface area contributed by atoms with Gasteiger partial charge in [-0.2, -0.15) is 18.9 Å². The van der Waals surface area contributed by atoms with E-state index in [9.17, 15) is 18.3 Å². The zero-order chi connectivity index (χ0) is 15.8. The summed E-state index contributed by atoms with van der Waals surface area (Å²) in [6, 6.07) is 0. The molecule has 0 unspecified atom stereocenters. The van der Waals surface area contributed by atoms with Crippen molar-refractivity contribution in [2.75, 3.05) is 6.67 Å². The second-order valence-corrected chi connectivity index (χ2v) is 5.42. The fraction of sp³-hybridized carbons (Fsp3) is 0.615. The molecule has 0 amide bonds. The Kier molecular flexibility index (Phi) is 3.67. The summed E-state index contributed by atoms with van der Waals surface area (Å²) >= 11 is 0. The molecule has 1 N–H and O–H groups in total. The third-order valence-corrected chi connectivity index (χ3v) is 3.91. The zero-order valence-electron chi connectivity index (χ0n) is 11.7. The maximum atomic E-state index is 14.4. The summed E-state index contributed by atoms with van der Waals surface area (Å²) in [7, 11) is 0. The molecule has 2 aromatic heterocycles. The second-order valence-electron chi connectivity index (χ2n) is 5.42. The molecule has 1 aliphatic rings. The molecule has 0 atom stereocenters. The van der Waals surface area contributed by atoms with Gasteiger partial charge in [0.2, 0.25) is 5.82 Å². The predicted molar refractivity (Wildman–Crippen MR) is 68.8 cm³/mol. The number of hydrogen-bond donors (Lipinski definition) is 1. The van der Waals surface area contributed by atoms with Crippen LogP contribution in [-0.2, 0) is 12.5 Å². The Morgan fingerprint density at radius 3 is 2.77 bits per heavy atom. The highest BCUT2D eigenvalue weighted by Crippen LogP contribution is 2.47. The summed E-state index contributed by atoms with van der Waals surface area (Å²) in [6.45, 7) is -0.537. The highest BCUT2D eigenvalue weighted by molar-refractivity contribution is 5.51. The minimum absolute atomic E-state index is 0.00779. The predicted octanol–water partition coefficient (Wildman–Crippen LogP) is 2.30. The number of hydrogen-bond acceptors (Lipinski definition) is 5. The third-order valence-electron chi connectivity index (χ3n) is 3.91. The van der Waals surface area contributed by atoms with Gasteiger partial charge >= 0.3 is 11.8 Å². The van der Waals surface area contributed by atoms with Gasteiger partial charge in [-0.05, 0) is 12.8 Å². The Morgan fingerprint density at radius 2 is 2.09 bits per heavy atom. The van der Waals surface area contributed by atoms with Crippen LogP contribution in [0.25, 0.3) is 11.4 Å². The Hall–Kier alpha value is -1.90. The van der Waals surface area contributed by atoms with Crippen LogP contribution in [0, 0.1) is 0 Å². The molecular weight excluding hydrogens is 301 g/mol. The van der Waals surface area contributed by atoms with Crippen LogP contribution < -0.4 is 0 Å². The van der Waals surface area contributed by atoms with Crippen LogP contribution in [-0.4, -0.2) is 37.3 Å². The third kappa shape index (κ3) is 2.39. The number of rotatable bonds is 5. The molecule has 0 aromatic carbocycles. The van der Waals surface area contributed by atoms with Crippen LogP contribution in [0.3, 0.4) is 0 Å². The molecule has 0 bridgehead atoms. The number of aliphatic hydroxyl groups is 1. The van der Waals surface area contributed by atoms with Gasteiger partial charge in [0, 0.05) is 6.20 Å². The van der Waals surface area contributed by atoms with Crippen LogP contribution in [0.15, 0.2) is 16.9 Å². The van der Waals surface area contributed by atoms with E-state index in [1.807, 2.05) is 0 Å². The normalized spacial score (nSPS) is 18.0. The van der Waals surface area contributed by atoms with E-state index in [-0.39, 0.29) is 25.2 Å². The maximum absolute atomic E-state index is 14.4. The standard InChI is InChI=1S/C13H15F3N4O2/c14-5-6-20-8-9(7-17-20)10-18-11(22-19-10)13(15,16)12(21)3-1-2-4-12/h7-8,21H,1-6H2. The van der Waals surface area contributed by atoms with E-state index >= 15 is 0 Å². The van der Waals surface area contributed by atoms with Crippen molar-refractivity contribution < 1.29 is 22.8 Å². The fourth-order valence-corrected chi connectivity index (χ4v) is 2.63. The number of nitrogens with zero attached hydrogens (tertiary/aromatic N) is 4. The summed E-state index contributed by atoms with van der Waals surface area (Å²) in [5.41, 5.74) is -1.80. The fourth-order valence-electron chi connectivity index (χ4n) is 2.63. The van der Waals surface area contributed by atoms with Gasteiger partial charge in [0.25, 0.3) is 0 Å². The Bertz CT molecular complexity index is 649. The van der Waals surface area contributed by atoms with Crippen LogP contribution in [0.4, 0.5) is 13.2 Å². The first-order valence-corrected chi connectivity index (χ1v) is 6.99. The summed E-state index contributed by atoms with van der Waals surface area (Å²) in [4.78, 5) is 3.68. The molecule has 0 saturated heterocycles. The van der Waals surface area contributed by atoms with Gasteiger partial charge in [0.1, 0.15) is 12.3 Å². The zero-order valence-corrected chi connectivity index (χ0v) is 11.7. The summed E-state index contributed by atoms with van der Waals surface area (Å²) in [5, 5.41) is 17.5. The molecule has 6 nitrogen and oxygen atoms in total. The van der Waals surface area contributed by atoms with Crippen LogP contribution in [0.2, 0.25) is 0 Å². The maximum Gasteiger partial charge on any atom is 0.352 e. The number of halogens is 3. The van der Waals surface area contributed by atoms with Crippen molar-refractivity contribution in [3.8, 4) is 11.4 Å². The van der Waals surface area contributed by atoms with Gasteiger partial charge < -0.3 is 9.63 Å². The molecular formula is C13H15F3N4O2. The van der Waals surface area contributed by atoms with Gasteiger partial charge in [0.15, 0.2) is 0 Å². The highest BCUT2D eigenvalue weighted by Gasteiger charge is 2.58. The van der Waals surface area contributed by atoms with Crippen molar-refractivity contribution >= 4 is 0 Å². The monoisotopic (exact) mass is 316 g/mol. The Labute approximate surface area is 123 Å². The molecule has 3 rings (SSSR count). The molecule has 0 spiro atoms. The Morgan fingerprint density at radius 1 is 1.36 bits per heavy atom. The molecule has 1 fully saturated rings. The molecule has 1 saturated carbocycles. The lowest BCUT2D eigenvalue weighted by Crippen LogP contribution is -2.43. The van der Waals surface area contributed by atoms with Crippen molar-refractivity contribution in [1.82, 2.24) is 19.9 Å². The molecule has 22 heavy (non-hydrogen) atoms. The van der Waals surface area contributed by atoms with Crippen LogP contribution in [0.1, 0.15) is 31.6 Å². The first kappa shape index (κ1) is 15.0. The van der Waals surface area contributed by atoms with Crippen molar-refractivity contribution in [3.63, 3.8) is 0 Å². The molecule has 2 aromatic rings. The van der Waals surface area contributed by atoms with Gasteiger partial charge in [-0.25, -0.2) is 4.39 Å². The molecule has 2 heterocycles. The lowest BCUT2D eigenvalue weighted by atomic mass is 9.93. The molecule has 0 radical (unpaired) electrons. The average molecular weight is 316 g/mol. The molecule has 9 heteroatoms. The van der Waals surface area contributed by atoms with Gasteiger partial charge in [0.05, 0.1) is 18.3 Å². The first-order valence-electron chi connectivity index (χ1n) is 6.99. The van der Waals surface area contributed by atoms with Gasteiger partial charge in [-0.15, -0.1) is 0 Å². The van der Waals surface area contributed by atoms with Crippen molar-refractivity contribution in [3.05, 3.63) is 18.3 Å². The smallest absolute Gasteiger partial charge is 0.352 e. The lowest BCUT2D eigenvalue weighted by Gasteiger charge is -2.28. The van der Waals surface area contributed by atoms with E-state index in [0.29, 0.717) is 18.4 Å². The highest BCUT2D eigenvalue weighted by atomic mass is 19.3. The van der Waals surface area contributed by atoms with Crippen molar-refractivity contribution in [2.24, 2.45) is 0 Å². The molecule has 0 aliphatic heterocycles. The summed E-state index contributed by atoms with van der Waals surface area (Å²) in [5.74, 6) is -4.59. The SMILES string of the molecule is OC1(C(F)(F)c2nc(-c3cnn(CCF)c3)no2)CCCC1. The van der Waals surface area contributed by atoms with E-state index < -0.39 is 24.1 Å². The van der Waals surface area contributed by atoms with E-state index in [4.69, 9.17) is 0 Å². The van der Waals surface area contributed by atoms with Crippen LogP contribution >= 0.6 is 0 Å². The van der Waals surface area contributed by atoms with E-state index in [1.165, 1.54) is 17.1 Å². The summed E-state index contributed by atoms with van der Waals surface area (Å²) < 4.78 is 47.0.